The highest BCUT2D eigenvalue weighted by Gasteiger charge is 2.12. The molecule has 140 valence electrons. The standard InChI is InChI=1S/C17H18N6O3S/c1-10-8-11(2)20-16(19-10)18-7-3-4-15(24)22-17-21-13-6-5-12(23(25)26)9-14(13)27-17/h5-6,8-9H,3-4,7H2,1-2H3,(H,18,19,20)(H,21,22,24). The Morgan fingerprint density at radius 2 is 1.93 bits per heavy atom. The fourth-order valence-electron chi connectivity index (χ4n) is 2.52. The molecule has 9 nitrogen and oxygen atoms in total. The molecule has 0 aliphatic carbocycles. The van der Waals surface area contributed by atoms with E-state index >= 15 is 0 Å². The molecule has 0 radical (unpaired) electrons. The van der Waals surface area contributed by atoms with Crippen LogP contribution in [0.25, 0.3) is 10.2 Å². The molecule has 2 heterocycles. The second kappa shape index (κ2) is 8.04. The SMILES string of the molecule is Cc1cc(C)nc(NCCCC(=O)Nc2nc3ccc([N+](=O)[O-])cc3s2)n1. The zero-order valence-corrected chi connectivity index (χ0v) is 15.7. The predicted molar refractivity (Wildman–Crippen MR) is 104 cm³/mol. The Balaban J connectivity index is 1.50. The second-order valence-electron chi connectivity index (χ2n) is 5.98. The number of carbonyl (C=O) groups is 1. The van der Waals surface area contributed by atoms with Crippen molar-refractivity contribution in [3.8, 4) is 0 Å². The van der Waals surface area contributed by atoms with Gasteiger partial charge in [0.15, 0.2) is 5.13 Å². The summed E-state index contributed by atoms with van der Waals surface area (Å²) >= 11 is 1.21. The molecule has 0 bridgehead atoms. The maximum atomic E-state index is 12.1. The number of nitrogens with one attached hydrogen (secondary N) is 2. The van der Waals surface area contributed by atoms with Gasteiger partial charge in [-0.15, -0.1) is 0 Å². The van der Waals surface area contributed by atoms with E-state index in [1.165, 1.54) is 23.5 Å². The van der Waals surface area contributed by atoms with E-state index in [0.29, 0.717) is 40.7 Å². The minimum Gasteiger partial charge on any atom is -0.354 e. The molecule has 10 heteroatoms. The van der Waals surface area contributed by atoms with Gasteiger partial charge in [0.25, 0.3) is 5.69 Å². The summed E-state index contributed by atoms with van der Waals surface area (Å²) in [6.07, 6.45) is 0.923. The van der Waals surface area contributed by atoms with Crippen LogP contribution in [-0.2, 0) is 4.79 Å². The third-order valence-electron chi connectivity index (χ3n) is 3.68. The summed E-state index contributed by atoms with van der Waals surface area (Å²) in [4.78, 5) is 35.3. The van der Waals surface area contributed by atoms with E-state index in [0.717, 1.165) is 11.4 Å². The molecule has 0 saturated heterocycles. The van der Waals surface area contributed by atoms with Gasteiger partial charge in [-0.05, 0) is 32.4 Å². The highest BCUT2D eigenvalue weighted by Crippen LogP contribution is 2.29. The Morgan fingerprint density at radius 1 is 1.19 bits per heavy atom. The van der Waals surface area contributed by atoms with Crippen molar-refractivity contribution in [2.75, 3.05) is 17.2 Å². The number of nitrogens with zero attached hydrogens (tertiary/aromatic N) is 4. The Kier molecular flexibility index (Phi) is 5.55. The second-order valence-corrected chi connectivity index (χ2v) is 7.01. The number of hydrogen-bond acceptors (Lipinski definition) is 8. The van der Waals surface area contributed by atoms with Crippen molar-refractivity contribution in [3.05, 3.63) is 45.8 Å². The zero-order valence-electron chi connectivity index (χ0n) is 14.9. The van der Waals surface area contributed by atoms with Gasteiger partial charge >= 0.3 is 0 Å². The molecule has 0 atom stereocenters. The number of anilines is 2. The van der Waals surface area contributed by atoms with Crippen molar-refractivity contribution in [2.45, 2.75) is 26.7 Å². The molecule has 3 rings (SSSR count). The number of rotatable bonds is 7. The van der Waals surface area contributed by atoms with Crippen molar-refractivity contribution < 1.29 is 9.72 Å². The highest BCUT2D eigenvalue weighted by molar-refractivity contribution is 7.22. The summed E-state index contributed by atoms with van der Waals surface area (Å²) in [5.41, 5.74) is 2.40. The van der Waals surface area contributed by atoms with E-state index in [9.17, 15) is 14.9 Å². The van der Waals surface area contributed by atoms with Crippen molar-refractivity contribution in [1.82, 2.24) is 15.0 Å². The lowest BCUT2D eigenvalue weighted by Gasteiger charge is -2.06. The van der Waals surface area contributed by atoms with Gasteiger partial charge in [-0.3, -0.25) is 14.9 Å². The summed E-state index contributed by atoms with van der Waals surface area (Å²) < 4.78 is 0.660. The van der Waals surface area contributed by atoms with Crippen molar-refractivity contribution in [1.29, 1.82) is 0 Å². The lowest BCUT2D eigenvalue weighted by atomic mass is 10.3. The number of amides is 1. The summed E-state index contributed by atoms with van der Waals surface area (Å²) in [7, 11) is 0. The van der Waals surface area contributed by atoms with E-state index in [2.05, 4.69) is 25.6 Å². The van der Waals surface area contributed by atoms with Crippen LogP contribution in [0.1, 0.15) is 24.2 Å². The Labute approximate surface area is 159 Å². The molecule has 1 amide bonds. The van der Waals surface area contributed by atoms with Crippen LogP contribution < -0.4 is 10.6 Å². The Hall–Kier alpha value is -3.14. The molecule has 0 spiro atoms. The predicted octanol–water partition coefficient (Wildman–Crippen LogP) is 3.44. The van der Waals surface area contributed by atoms with Gasteiger partial charge in [-0.25, -0.2) is 15.0 Å². The Bertz CT molecular complexity index is 983. The summed E-state index contributed by atoms with van der Waals surface area (Å²) in [5.74, 6) is 0.396. The number of carbonyl (C=O) groups excluding carboxylic acids is 1. The molecule has 0 saturated carbocycles. The lowest BCUT2D eigenvalue weighted by Crippen LogP contribution is -2.14. The number of non-ortho nitro benzene ring substituents is 1. The van der Waals surface area contributed by atoms with Crippen molar-refractivity contribution >= 4 is 44.2 Å². The minimum absolute atomic E-state index is 0.00343. The van der Waals surface area contributed by atoms with Gasteiger partial charge in [-0.2, -0.15) is 0 Å². The molecule has 0 unspecified atom stereocenters. The van der Waals surface area contributed by atoms with Crippen LogP contribution in [0.4, 0.5) is 16.8 Å². The zero-order chi connectivity index (χ0) is 19.4. The summed E-state index contributed by atoms with van der Waals surface area (Å²) in [5, 5.41) is 17.1. The lowest BCUT2D eigenvalue weighted by molar-refractivity contribution is -0.384. The molecule has 2 aromatic heterocycles. The number of benzene rings is 1. The monoisotopic (exact) mass is 386 g/mol. The molecule has 0 fully saturated rings. The molecule has 2 N–H and O–H groups in total. The van der Waals surface area contributed by atoms with Crippen LogP contribution in [0.5, 0.6) is 0 Å². The van der Waals surface area contributed by atoms with Gasteiger partial charge in [0.05, 0.1) is 15.1 Å². The largest absolute Gasteiger partial charge is 0.354 e. The maximum Gasteiger partial charge on any atom is 0.270 e. The van der Waals surface area contributed by atoms with Gasteiger partial charge in [-0.1, -0.05) is 11.3 Å². The van der Waals surface area contributed by atoms with Crippen LogP contribution in [0.2, 0.25) is 0 Å². The van der Waals surface area contributed by atoms with Gasteiger partial charge < -0.3 is 10.6 Å². The van der Waals surface area contributed by atoms with Crippen molar-refractivity contribution in [3.63, 3.8) is 0 Å². The van der Waals surface area contributed by atoms with E-state index in [4.69, 9.17) is 0 Å². The molecular weight excluding hydrogens is 368 g/mol. The number of fused-ring (bicyclic) bond motifs is 1. The van der Waals surface area contributed by atoms with Crippen LogP contribution >= 0.6 is 11.3 Å². The highest BCUT2D eigenvalue weighted by atomic mass is 32.1. The molecule has 1 aromatic carbocycles. The van der Waals surface area contributed by atoms with Crippen LogP contribution in [0.3, 0.4) is 0 Å². The van der Waals surface area contributed by atoms with Crippen LogP contribution in [0, 0.1) is 24.0 Å². The first-order chi connectivity index (χ1) is 12.9. The Morgan fingerprint density at radius 3 is 2.63 bits per heavy atom. The number of nitro benzene ring substituents is 1. The fourth-order valence-corrected chi connectivity index (χ4v) is 3.43. The smallest absolute Gasteiger partial charge is 0.270 e. The number of hydrogen-bond donors (Lipinski definition) is 2. The van der Waals surface area contributed by atoms with Crippen LogP contribution in [0.15, 0.2) is 24.3 Å². The average Bonchev–Trinajstić information content (AvgIpc) is 2.99. The van der Waals surface area contributed by atoms with E-state index in [1.807, 2.05) is 19.9 Å². The third-order valence-corrected chi connectivity index (χ3v) is 4.61. The molecule has 27 heavy (non-hydrogen) atoms. The van der Waals surface area contributed by atoms with E-state index in [-0.39, 0.29) is 11.6 Å². The molecule has 3 aromatic rings. The number of aromatic nitrogens is 3. The third kappa shape index (κ3) is 4.94. The van der Waals surface area contributed by atoms with Gasteiger partial charge in [0.2, 0.25) is 11.9 Å². The molecule has 0 aliphatic rings. The fraction of sp³-hybridized carbons (Fsp3) is 0.294. The number of nitro groups is 1. The van der Waals surface area contributed by atoms with E-state index < -0.39 is 4.92 Å². The first-order valence-electron chi connectivity index (χ1n) is 8.32. The minimum atomic E-state index is -0.455. The topological polar surface area (TPSA) is 123 Å². The maximum absolute atomic E-state index is 12.1. The summed E-state index contributed by atoms with van der Waals surface area (Å²) in [6, 6.07) is 6.32. The average molecular weight is 386 g/mol. The van der Waals surface area contributed by atoms with Gasteiger partial charge in [0.1, 0.15) is 0 Å². The number of aryl methyl sites for hydroxylation is 2. The first kappa shape index (κ1) is 18.6. The van der Waals surface area contributed by atoms with Gasteiger partial charge in [0, 0.05) is 36.5 Å². The first-order valence-corrected chi connectivity index (χ1v) is 9.13. The number of thiazole rings is 1. The molecule has 0 aliphatic heterocycles. The summed E-state index contributed by atoms with van der Waals surface area (Å²) in [6.45, 7) is 4.38. The normalized spacial score (nSPS) is 10.7. The van der Waals surface area contributed by atoms with Crippen molar-refractivity contribution in [2.24, 2.45) is 0 Å². The molecular formula is C17H18N6O3S. The van der Waals surface area contributed by atoms with Crippen LogP contribution in [-0.4, -0.2) is 32.3 Å². The van der Waals surface area contributed by atoms with E-state index in [1.54, 1.807) is 6.07 Å². The quantitative estimate of drug-likeness (QED) is 0.362.